The Bertz CT molecular complexity index is 450. The van der Waals surface area contributed by atoms with Gasteiger partial charge < -0.3 is 19.3 Å². The first-order valence-electron chi connectivity index (χ1n) is 5.41. The summed E-state index contributed by atoms with van der Waals surface area (Å²) in [7, 11) is 0. The molecule has 1 unspecified atom stereocenters. The minimum Gasteiger partial charge on any atom is -0.478 e. The molecule has 6 nitrogen and oxygen atoms in total. The van der Waals surface area contributed by atoms with E-state index in [1.165, 1.54) is 12.1 Å². The zero-order chi connectivity index (χ0) is 13.0. The molecule has 1 aromatic carbocycles. The maximum Gasteiger partial charge on any atom is 0.341 e. The average molecular weight is 252 g/mol. The fraction of sp³-hybridized carbons (Fsp3) is 0.333. The molecule has 1 aliphatic rings. The molecule has 1 fully saturated rings. The highest BCUT2D eigenvalue weighted by Crippen LogP contribution is 2.13. The topological polar surface area (TPSA) is 82.1 Å². The van der Waals surface area contributed by atoms with Crippen LogP contribution in [-0.4, -0.2) is 43.2 Å². The second-order valence-corrected chi connectivity index (χ2v) is 3.63. The molecule has 2 rings (SSSR count). The van der Waals surface area contributed by atoms with E-state index in [0.717, 1.165) is 0 Å². The molecule has 0 amide bonds. The van der Waals surface area contributed by atoms with Crippen LogP contribution in [0, 0.1) is 0 Å². The lowest BCUT2D eigenvalue weighted by molar-refractivity contribution is -0.186. The molecule has 1 aliphatic heterocycles. The number of benzene rings is 1. The van der Waals surface area contributed by atoms with Crippen LogP contribution in [0.2, 0.25) is 0 Å². The molecule has 0 saturated carbocycles. The maximum atomic E-state index is 11.8. The van der Waals surface area contributed by atoms with E-state index in [4.69, 9.17) is 19.3 Å². The molecule has 18 heavy (non-hydrogen) atoms. The molecule has 96 valence electrons. The van der Waals surface area contributed by atoms with Gasteiger partial charge in [0.1, 0.15) is 6.61 Å². The molecule has 1 N–H and O–H groups in total. The van der Waals surface area contributed by atoms with Crippen molar-refractivity contribution in [2.45, 2.75) is 6.29 Å². The predicted molar refractivity (Wildman–Crippen MR) is 59.4 cm³/mol. The van der Waals surface area contributed by atoms with Crippen LogP contribution < -0.4 is 0 Å². The van der Waals surface area contributed by atoms with Gasteiger partial charge in [-0.25, -0.2) is 9.59 Å². The number of carbonyl (C=O) groups excluding carboxylic acids is 1. The van der Waals surface area contributed by atoms with Gasteiger partial charge in [-0.1, -0.05) is 12.1 Å². The number of carbonyl (C=O) groups is 2. The highest BCUT2D eigenvalue weighted by atomic mass is 16.7. The van der Waals surface area contributed by atoms with Gasteiger partial charge in [-0.15, -0.1) is 0 Å². The van der Waals surface area contributed by atoms with Gasteiger partial charge in [-0.2, -0.15) is 0 Å². The van der Waals surface area contributed by atoms with Gasteiger partial charge in [0, 0.05) is 0 Å². The van der Waals surface area contributed by atoms with Crippen molar-refractivity contribution in [2.75, 3.05) is 19.8 Å². The smallest absolute Gasteiger partial charge is 0.341 e. The van der Waals surface area contributed by atoms with E-state index in [2.05, 4.69) is 0 Å². The SMILES string of the molecule is O=C(O)c1ccccc1C(=O)OC1COCCO1. The van der Waals surface area contributed by atoms with E-state index in [1.807, 2.05) is 0 Å². The Labute approximate surface area is 103 Å². The zero-order valence-corrected chi connectivity index (χ0v) is 9.50. The van der Waals surface area contributed by atoms with Gasteiger partial charge in [0.25, 0.3) is 0 Å². The Morgan fingerprint density at radius 2 is 1.94 bits per heavy atom. The minimum absolute atomic E-state index is 0.000765. The number of rotatable bonds is 3. The summed E-state index contributed by atoms with van der Waals surface area (Å²) in [6.07, 6.45) is -0.784. The van der Waals surface area contributed by atoms with Crippen molar-refractivity contribution in [3.8, 4) is 0 Å². The van der Waals surface area contributed by atoms with Crippen molar-refractivity contribution in [1.82, 2.24) is 0 Å². The zero-order valence-electron chi connectivity index (χ0n) is 9.50. The quantitative estimate of drug-likeness (QED) is 0.805. The molecule has 0 spiro atoms. The molecule has 1 atom stereocenters. The van der Waals surface area contributed by atoms with Crippen molar-refractivity contribution in [3.63, 3.8) is 0 Å². The van der Waals surface area contributed by atoms with Gasteiger partial charge in [0.15, 0.2) is 0 Å². The minimum atomic E-state index is -1.18. The van der Waals surface area contributed by atoms with Gasteiger partial charge >= 0.3 is 11.9 Å². The third-order valence-corrected chi connectivity index (χ3v) is 2.40. The Balaban J connectivity index is 2.10. The first-order valence-corrected chi connectivity index (χ1v) is 5.41. The van der Waals surface area contributed by atoms with Crippen molar-refractivity contribution < 1.29 is 28.9 Å². The Hall–Kier alpha value is -1.92. The van der Waals surface area contributed by atoms with Crippen molar-refractivity contribution >= 4 is 11.9 Å². The Morgan fingerprint density at radius 3 is 2.56 bits per heavy atom. The summed E-state index contributed by atoms with van der Waals surface area (Å²) < 4.78 is 15.3. The van der Waals surface area contributed by atoms with E-state index in [-0.39, 0.29) is 17.7 Å². The normalized spacial score (nSPS) is 19.2. The molecule has 6 heteroatoms. The van der Waals surface area contributed by atoms with E-state index >= 15 is 0 Å². The van der Waals surface area contributed by atoms with Crippen LogP contribution in [0.5, 0.6) is 0 Å². The van der Waals surface area contributed by atoms with Crippen molar-refractivity contribution in [1.29, 1.82) is 0 Å². The number of carboxylic acids is 1. The first kappa shape index (κ1) is 12.5. The maximum absolute atomic E-state index is 11.8. The van der Waals surface area contributed by atoms with Crippen LogP contribution in [0.25, 0.3) is 0 Å². The number of hydrogen-bond donors (Lipinski definition) is 1. The number of ether oxygens (including phenoxy) is 3. The molecule has 1 saturated heterocycles. The van der Waals surface area contributed by atoms with Gasteiger partial charge in [0.2, 0.25) is 6.29 Å². The number of aromatic carboxylic acids is 1. The van der Waals surface area contributed by atoms with Crippen LogP contribution in [-0.2, 0) is 14.2 Å². The lowest BCUT2D eigenvalue weighted by Gasteiger charge is -2.22. The number of esters is 1. The molecule has 0 bridgehead atoms. The standard InChI is InChI=1S/C12H12O6/c13-11(14)8-3-1-2-4-9(8)12(15)18-10-7-16-5-6-17-10/h1-4,10H,5-7H2,(H,13,14). The lowest BCUT2D eigenvalue weighted by Crippen LogP contribution is -2.33. The van der Waals surface area contributed by atoms with Crippen LogP contribution in [0.4, 0.5) is 0 Å². The summed E-state index contributed by atoms with van der Waals surface area (Å²) in [5.41, 5.74) is -0.0987. The fourth-order valence-corrected chi connectivity index (χ4v) is 1.56. The fourth-order valence-electron chi connectivity index (χ4n) is 1.56. The molecule has 1 heterocycles. The van der Waals surface area contributed by atoms with Crippen LogP contribution >= 0.6 is 0 Å². The summed E-state index contributed by atoms with van der Waals surface area (Å²) in [4.78, 5) is 22.8. The van der Waals surface area contributed by atoms with Gasteiger partial charge in [0.05, 0.1) is 24.3 Å². The van der Waals surface area contributed by atoms with Crippen LogP contribution in [0.3, 0.4) is 0 Å². The molecule has 1 aromatic rings. The van der Waals surface area contributed by atoms with E-state index in [0.29, 0.717) is 13.2 Å². The Morgan fingerprint density at radius 1 is 1.22 bits per heavy atom. The lowest BCUT2D eigenvalue weighted by atomic mass is 10.1. The predicted octanol–water partition coefficient (Wildman–Crippen LogP) is 0.914. The van der Waals surface area contributed by atoms with E-state index < -0.39 is 18.2 Å². The first-order chi connectivity index (χ1) is 8.68. The van der Waals surface area contributed by atoms with Crippen LogP contribution in [0.15, 0.2) is 24.3 Å². The van der Waals surface area contributed by atoms with Crippen molar-refractivity contribution in [3.05, 3.63) is 35.4 Å². The number of carboxylic acid groups (broad SMARTS) is 1. The van der Waals surface area contributed by atoms with Gasteiger partial charge in [-0.3, -0.25) is 0 Å². The van der Waals surface area contributed by atoms with Crippen LogP contribution in [0.1, 0.15) is 20.7 Å². The van der Waals surface area contributed by atoms with E-state index in [9.17, 15) is 9.59 Å². The summed E-state index contributed by atoms with van der Waals surface area (Å²) in [6.45, 7) is 0.958. The summed E-state index contributed by atoms with van der Waals surface area (Å²) >= 11 is 0. The molecular formula is C12H12O6. The summed E-state index contributed by atoms with van der Waals surface area (Å²) in [5.74, 6) is -1.91. The molecule has 0 aliphatic carbocycles. The molecule has 0 radical (unpaired) electrons. The highest BCUT2D eigenvalue weighted by Gasteiger charge is 2.23. The third kappa shape index (κ3) is 2.85. The van der Waals surface area contributed by atoms with Gasteiger partial charge in [-0.05, 0) is 12.1 Å². The number of hydrogen-bond acceptors (Lipinski definition) is 5. The second-order valence-electron chi connectivity index (χ2n) is 3.63. The highest BCUT2D eigenvalue weighted by molar-refractivity contribution is 6.02. The monoisotopic (exact) mass is 252 g/mol. The Kier molecular flexibility index (Phi) is 3.91. The third-order valence-electron chi connectivity index (χ3n) is 2.40. The second kappa shape index (κ2) is 5.61. The average Bonchev–Trinajstić information content (AvgIpc) is 2.40. The molecule has 0 aromatic heterocycles. The largest absolute Gasteiger partial charge is 0.478 e. The summed E-state index contributed by atoms with van der Waals surface area (Å²) in [5, 5.41) is 8.96. The van der Waals surface area contributed by atoms with E-state index in [1.54, 1.807) is 12.1 Å². The molecular weight excluding hydrogens is 240 g/mol. The summed E-state index contributed by atoms with van der Waals surface area (Å²) in [6, 6.07) is 5.86. The van der Waals surface area contributed by atoms with Crippen molar-refractivity contribution in [2.24, 2.45) is 0 Å².